The van der Waals surface area contributed by atoms with E-state index in [4.69, 9.17) is 35.5 Å². The summed E-state index contributed by atoms with van der Waals surface area (Å²) in [4.78, 5) is 33.3. The quantitative estimate of drug-likeness (QED) is 0.156. The van der Waals surface area contributed by atoms with Gasteiger partial charge in [0.1, 0.15) is 10.8 Å². The van der Waals surface area contributed by atoms with E-state index < -0.39 is 0 Å². The second-order valence-electron chi connectivity index (χ2n) is 11.2. The first-order chi connectivity index (χ1) is 22.6. The summed E-state index contributed by atoms with van der Waals surface area (Å²) in [5.41, 5.74) is 3.42. The normalized spacial score (nSPS) is 13.5. The lowest BCUT2D eigenvalue weighted by Gasteiger charge is -2.27. The molecule has 12 heteroatoms. The molecule has 248 valence electrons. The minimum Gasteiger partial charge on any atom is -0.494 e. The molecule has 1 amide bonds. The summed E-state index contributed by atoms with van der Waals surface area (Å²) in [5.74, 6) is 1.76. The van der Waals surface area contributed by atoms with Gasteiger partial charge in [-0.2, -0.15) is 9.78 Å². The molecule has 1 aromatic heterocycles. The van der Waals surface area contributed by atoms with E-state index in [2.05, 4.69) is 34.9 Å². The number of fused-ring (bicyclic) bond motifs is 1. The minimum atomic E-state index is -0.324. The SMILES string of the molecule is CCOc1cc(C)c(-c2nc3ccccc3c(=O)n2N=Cc2cc(OCC)c(OCC(=O)N3CCOCC3)c(Cl)c2Br)cc1C(C)C. The Morgan fingerprint density at radius 3 is 2.49 bits per heavy atom. The number of morpholine rings is 1. The molecule has 0 unspecified atom stereocenters. The predicted molar refractivity (Wildman–Crippen MR) is 188 cm³/mol. The molecule has 3 aromatic carbocycles. The topological polar surface area (TPSA) is 104 Å². The van der Waals surface area contributed by atoms with Crippen molar-refractivity contribution in [2.24, 2.45) is 5.10 Å². The Morgan fingerprint density at radius 2 is 1.79 bits per heavy atom. The first kappa shape index (κ1) is 34.4. The molecule has 10 nitrogen and oxygen atoms in total. The molecule has 0 bridgehead atoms. The second kappa shape index (κ2) is 15.3. The summed E-state index contributed by atoms with van der Waals surface area (Å²) < 4.78 is 24.8. The molecular weight excluding hydrogens is 688 g/mol. The fourth-order valence-corrected chi connectivity index (χ4v) is 5.98. The molecule has 1 aliphatic heterocycles. The van der Waals surface area contributed by atoms with Gasteiger partial charge in [0.15, 0.2) is 23.9 Å². The summed E-state index contributed by atoms with van der Waals surface area (Å²) in [6.45, 7) is 12.6. The highest BCUT2D eigenvalue weighted by Crippen LogP contribution is 2.42. The third-order valence-electron chi connectivity index (χ3n) is 7.75. The van der Waals surface area contributed by atoms with Gasteiger partial charge in [-0.3, -0.25) is 9.59 Å². The van der Waals surface area contributed by atoms with Crippen molar-refractivity contribution in [1.29, 1.82) is 0 Å². The van der Waals surface area contributed by atoms with Crippen molar-refractivity contribution in [3.63, 3.8) is 0 Å². The molecular formula is C35H38BrClN4O6. The molecule has 0 spiro atoms. The zero-order valence-corrected chi connectivity index (χ0v) is 29.5. The molecule has 5 rings (SSSR count). The van der Waals surface area contributed by atoms with Gasteiger partial charge in [-0.1, -0.05) is 37.6 Å². The van der Waals surface area contributed by atoms with Crippen LogP contribution in [0.2, 0.25) is 5.02 Å². The fourth-order valence-electron chi connectivity index (χ4n) is 5.33. The average Bonchev–Trinajstić information content (AvgIpc) is 3.06. The number of hydrogen-bond donors (Lipinski definition) is 0. The van der Waals surface area contributed by atoms with E-state index in [0.717, 1.165) is 22.4 Å². The molecule has 0 N–H and O–H groups in total. The molecule has 47 heavy (non-hydrogen) atoms. The number of aromatic nitrogens is 2. The Morgan fingerprint density at radius 1 is 1.09 bits per heavy atom. The van der Waals surface area contributed by atoms with Gasteiger partial charge in [0.25, 0.3) is 11.5 Å². The number of ether oxygens (including phenoxy) is 4. The van der Waals surface area contributed by atoms with Crippen LogP contribution in [0, 0.1) is 6.92 Å². The summed E-state index contributed by atoms with van der Waals surface area (Å²) in [6.07, 6.45) is 1.52. The maximum atomic E-state index is 14.0. The number of carbonyl (C=O) groups is 1. The Hall–Kier alpha value is -3.93. The van der Waals surface area contributed by atoms with Crippen molar-refractivity contribution >= 4 is 50.6 Å². The standard InChI is InChI=1S/C35H38BrClN4O6/c1-6-45-28-16-22(5)26(18-25(28)21(3)4)34-39-27-11-9-8-10-24(27)35(43)41(34)38-19-23-17-29(46-7-2)33(32(37)31(23)36)47-20-30(42)40-12-14-44-15-13-40/h8-11,16-19,21H,6-7,12-15,20H2,1-5H3. The lowest BCUT2D eigenvalue weighted by molar-refractivity contribution is -0.137. The van der Waals surface area contributed by atoms with Crippen LogP contribution in [0.25, 0.3) is 22.3 Å². The highest BCUT2D eigenvalue weighted by Gasteiger charge is 2.23. The van der Waals surface area contributed by atoms with Crippen LogP contribution >= 0.6 is 27.5 Å². The Bertz CT molecular complexity index is 1870. The first-order valence-corrected chi connectivity index (χ1v) is 16.8. The van der Waals surface area contributed by atoms with Gasteiger partial charge < -0.3 is 23.8 Å². The fraction of sp³-hybridized carbons (Fsp3) is 0.371. The van der Waals surface area contributed by atoms with Crippen molar-refractivity contribution in [3.8, 4) is 28.6 Å². The number of rotatable bonds is 11. The van der Waals surface area contributed by atoms with E-state index >= 15 is 0 Å². The summed E-state index contributed by atoms with van der Waals surface area (Å²) >= 11 is 10.4. The molecule has 0 radical (unpaired) electrons. The smallest absolute Gasteiger partial charge is 0.282 e. The van der Waals surface area contributed by atoms with Crippen molar-refractivity contribution < 1.29 is 23.7 Å². The second-order valence-corrected chi connectivity index (χ2v) is 12.4. The Labute approximate surface area is 287 Å². The highest BCUT2D eigenvalue weighted by atomic mass is 79.9. The number of nitrogens with zero attached hydrogens (tertiary/aromatic N) is 4. The summed E-state index contributed by atoms with van der Waals surface area (Å²) in [6, 6.07) is 12.9. The number of carbonyl (C=O) groups excluding carboxylic acids is 1. The van der Waals surface area contributed by atoms with E-state index in [1.54, 1.807) is 23.1 Å². The maximum Gasteiger partial charge on any atom is 0.282 e. The van der Waals surface area contributed by atoms with Gasteiger partial charge in [-0.15, -0.1) is 0 Å². The van der Waals surface area contributed by atoms with Gasteiger partial charge in [-0.05, 0) is 84.1 Å². The van der Waals surface area contributed by atoms with Crippen LogP contribution in [-0.2, 0) is 9.53 Å². The van der Waals surface area contributed by atoms with Crippen molar-refractivity contribution in [3.05, 3.63) is 79.0 Å². The molecule has 0 aliphatic carbocycles. The van der Waals surface area contributed by atoms with E-state index in [1.807, 2.05) is 45.0 Å². The molecule has 1 saturated heterocycles. The lowest BCUT2D eigenvalue weighted by Crippen LogP contribution is -2.43. The molecule has 0 saturated carbocycles. The number of aryl methyl sites for hydroxylation is 1. The van der Waals surface area contributed by atoms with Crippen LogP contribution in [0.1, 0.15) is 50.3 Å². The van der Waals surface area contributed by atoms with Crippen LogP contribution in [-0.4, -0.2) is 72.8 Å². The van der Waals surface area contributed by atoms with Crippen LogP contribution in [0.4, 0.5) is 0 Å². The summed E-state index contributed by atoms with van der Waals surface area (Å²) in [7, 11) is 0. The molecule has 4 aromatic rings. The van der Waals surface area contributed by atoms with E-state index in [-0.39, 0.29) is 34.8 Å². The van der Waals surface area contributed by atoms with Gasteiger partial charge in [0, 0.05) is 28.7 Å². The van der Waals surface area contributed by atoms with E-state index in [9.17, 15) is 9.59 Å². The third-order valence-corrected chi connectivity index (χ3v) is 9.19. The molecule has 1 fully saturated rings. The Balaban J connectivity index is 1.58. The molecule has 1 aliphatic rings. The third kappa shape index (κ3) is 7.47. The van der Waals surface area contributed by atoms with Gasteiger partial charge in [-0.25, -0.2) is 4.98 Å². The number of halogens is 2. The maximum absolute atomic E-state index is 14.0. The van der Waals surface area contributed by atoms with Gasteiger partial charge >= 0.3 is 0 Å². The number of para-hydroxylation sites is 1. The number of benzene rings is 3. The van der Waals surface area contributed by atoms with Crippen molar-refractivity contribution in [1.82, 2.24) is 14.6 Å². The van der Waals surface area contributed by atoms with Crippen LogP contribution < -0.4 is 19.8 Å². The molecule has 2 heterocycles. The lowest BCUT2D eigenvalue weighted by atomic mass is 9.96. The Kier molecular flexibility index (Phi) is 11.2. The zero-order chi connectivity index (χ0) is 33.7. The van der Waals surface area contributed by atoms with E-state index in [0.29, 0.717) is 72.0 Å². The van der Waals surface area contributed by atoms with Crippen LogP contribution in [0.5, 0.6) is 17.2 Å². The van der Waals surface area contributed by atoms with Crippen molar-refractivity contribution in [2.45, 2.75) is 40.5 Å². The minimum absolute atomic E-state index is 0.167. The van der Waals surface area contributed by atoms with Gasteiger partial charge in [0.05, 0.1) is 43.5 Å². The van der Waals surface area contributed by atoms with Crippen molar-refractivity contribution in [2.75, 3.05) is 46.1 Å². The predicted octanol–water partition coefficient (Wildman–Crippen LogP) is 6.83. The molecule has 0 atom stereocenters. The highest BCUT2D eigenvalue weighted by molar-refractivity contribution is 9.10. The number of amides is 1. The average molecular weight is 726 g/mol. The van der Waals surface area contributed by atoms with Crippen LogP contribution in [0.15, 0.2) is 56.8 Å². The van der Waals surface area contributed by atoms with E-state index in [1.165, 1.54) is 10.9 Å². The largest absolute Gasteiger partial charge is 0.494 e. The first-order valence-electron chi connectivity index (χ1n) is 15.6. The zero-order valence-electron chi connectivity index (χ0n) is 27.1. The number of hydrogen-bond acceptors (Lipinski definition) is 8. The van der Waals surface area contributed by atoms with Gasteiger partial charge in [0.2, 0.25) is 0 Å². The monoisotopic (exact) mass is 724 g/mol. The van der Waals surface area contributed by atoms with Crippen LogP contribution in [0.3, 0.4) is 0 Å². The summed E-state index contributed by atoms with van der Waals surface area (Å²) in [5, 5.41) is 5.31.